The van der Waals surface area contributed by atoms with Crippen LogP contribution in [-0.4, -0.2) is 28.0 Å². The molecular formula is C21H23N3O2. The Balaban J connectivity index is 1.57. The smallest absolute Gasteiger partial charge is 0.271 e. The van der Waals surface area contributed by atoms with Gasteiger partial charge in [-0.15, -0.1) is 0 Å². The van der Waals surface area contributed by atoms with Gasteiger partial charge in [-0.25, -0.2) is 4.98 Å². The number of hydrogen-bond acceptors (Lipinski definition) is 4. The molecule has 2 heterocycles. The number of aromatic amines is 1. The number of hydrogen-bond donors (Lipinski definition) is 1. The first-order valence-corrected chi connectivity index (χ1v) is 9.19. The van der Waals surface area contributed by atoms with Gasteiger partial charge in [-0.3, -0.25) is 9.69 Å². The molecule has 2 aromatic carbocycles. The van der Waals surface area contributed by atoms with E-state index < -0.39 is 0 Å². The van der Waals surface area contributed by atoms with Gasteiger partial charge in [0.05, 0.1) is 17.6 Å². The molecule has 1 aliphatic heterocycles. The number of rotatable bonds is 5. The summed E-state index contributed by atoms with van der Waals surface area (Å²) in [4.78, 5) is 22.3. The SMILES string of the molecule is CCOc1ccc([C@@H]2CCCN2Cc2nc3ccccc3[nH]c2=O)cc1. The van der Waals surface area contributed by atoms with E-state index in [0.29, 0.717) is 24.9 Å². The van der Waals surface area contributed by atoms with Crippen molar-refractivity contribution in [1.29, 1.82) is 0 Å². The van der Waals surface area contributed by atoms with Crippen molar-refractivity contribution < 1.29 is 4.74 Å². The summed E-state index contributed by atoms with van der Waals surface area (Å²) in [5, 5.41) is 0. The Kier molecular flexibility index (Phi) is 4.71. The average Bonchev–Trinajstić information content (AvgIpc) is 3.11. The normalized spacial score (nSPS) is 17.7. The van der Waals surface area contributed by atoms with E-state index in [1.165, 1.54) is 5.56 Å². The van der Waals surface area contributed by atoms with E-state index in [4.69, 9.17) is 4.74 Å². The summed E-state index contributed by atoms with van der Waals surface area (Å²) in [5.41, 5.74) is 3.37. The number of benzene rings is 2. The first-order valence-electron chi connectivity index (χ1n) is 9.19. The van der Waals surface area contributed by atoms with E-state index >= 15 is 0 Å². The number of nitrogens with one attached hydrogen (secondary N) is 1. The molecule has 134 valence electrons. The molecule has 0 radical (unpaired) electrons. The molecule has 0 saturated carbocycles. The van der Waals surface area contributed by atoms with Gasteiger partial charge in [0.15, 0.2) is 0 Å². The Morgan fingerprint density at radius 3 is 2.81 bits per heavy atom. The maximum Gasteiger partial charge on any atom is 0.271 e. The van der Waals surface area contributed by atoms with Crippen molar-refractivity contribution in [2.24, 2.45) is 0 Å². The molecule has 1 fully saturated rings. The van der Waals surface area contributed by atoms with Crippen molar-refractivity contribution in [3.8, 4) is 5.75 Å². The van der Waals surface area contributed by atoms with Gasteiger partial charge in [0, 0.05) is 12.6 Å². The van der Waals surface area contributed by atoms with Gasteiger partial charge < -0.3 is 9.72 Å². The zero-order valence-electron chi connectivity index (χ0n) is 14.9. The molecule has 0 bridgehead atoms. The van der Waals surface area contributed by atoms with Gasteiger partial charge in [0.25, 0.3) is 5.56 Å². The number of para-hydroxylation sites is 2. The Hall–Kier alpha value is -2.66. The molecule has 0 spiro atoms. The quantitative estimate of drug-likeness (QED) is 0.764. The van der Waals surface area contributed by atoms with Gasteiger partial charge in [0.1, 0.15) is 11.4 Å². The predicted octanol–water partition coefficient (Wildman–Crippen LogP) is 3.66. The number of ether oxygens (including phenoxy) is 1. The lowest BCUT2D eigenvalue weighted by Gasteiger charge is -2.24. The van der Waals surface area contributed by atoms with Gasteiger partial charge in [-0.2, -0.15) is 0 Å². The van der Waals surface area contributed by atoms with Crippen LogP contribution in [0.3, 0.4) is 0 Å². The van der Waals surface area contributed by atoms with Crippen LogP contribution in [0.25, 0.3) is 11.0 Å². The van der Waals surface area contributed by atoms with E-state index in [-0.39, 0.29) is 5.56 Å². The summed E-state index contributed by atoms with van der Waals surface area (Å²) < 4.78 is 5.53. The summed E-state index contributed by atoms with van der Waals surface area (Å²) >= 11 is 0. The minimum atomic E-state index is -0.0963. The molecule has 5 nitrogen and oxygen atoms in total. The van der Waals surface area contributed by atoms with Crippen molar-refractivity contribution in [1.82, 2.24) is 14.9 Å². The van der Waals surface area contributed by atoms with Crippen LogP contribution in [0.2, 0.25) is 0 Å². The highest BCUT2D eigenvalue weighted by Gasteiger charge is 2.27. The maximum atomic E-state index is 12.4. The van der Waals surface area contributed by atoms with E-state index in [1.807, 2.05) is 43.3 Å². The molecule has 1 aromatic heterocycles. The fraction of sp³-hybridized carbons (Fsp3) is 0.333. The highest BCUT2D eigenvalue weighted by molar-refractivity contribution is 5.73. The van der Waals surface area contributed by atoms with Crippen LogP contribution in [0, 0.1) is 0 Å². The zero-order chi connectivity index (χ0) is 17.9. The van der Waals surface area contributed by atoms with Crippen LogP contribution >= 0.6 is 0 Å². The van der Waals surface area contributed by atoms with Gasteiger partial charge in [-0.1, -0.05) is 24.3 Å². The molecule has 3 aromatic rings. The molecule has 1 saturated heterocycles. The van der Waals surface area contributed by atoms with E-state index in [2.05, 4.69) is 27.0 Å². The van der Waals surface area contributed by atoms with Crippen LogP contribution in [-0.2, 0) is 6.54 Å². The number of nitrogens with zero attached hydrogens (tertiary/aromatic N) is 2. The van der Waals surface area contributed by atoms with Crippen molar-refractivity contribution in [3.05, 3.63) is 70.1 Å². The summed E-state index contributed by atoms with van der Waals surface area (Å²) in [6.45, 7) is 4.20. The van der Waals surface area contributed by atoms with E-state index in [0.717, 1.165) is 36.2 Å². The van der Waals surface area contributed by atoms with E-state index in [1.54, 1.807) is 0 Å². The molecule has 1 N–H and O–H groups in total. The Morgan fingerprint density at radius 1 is 1.19 bits per heavy atom. The lowest BCUT2D eigenvalue weighted by atomic mass is 10.0. The molecule has 0 amide bonds. The largest absolute Gasteiger partial charge is 0.494 e. The fourth-order valence-corrected chi connectivity index (χ4v) is 3.71. The van der Waals surface area contributed by atoms with Gasteiger partial charge in [-0.05, 0) is 56.1 Å². The topological polar surface area (TPSA) is 58.2 Å². The number of likely N-dealkylation sites (tertiary alicyclic amines) is 1. The summed E-state index contributed by atoms with van der Waals surface area (Å²) in [7, 11) is 0. The van der Waals surface area contributed by atoms with Crippen LogP contribution in [0.5, 0.6) is 5.75 Å². The monoisotopic (exact) mass is 349 g/mol. The maximum absolute atomic E-state index is 12.4. The fourth-order valence-electron chi connectivity index (χ4n) is 3.71. The average molecular weight is 349 g/mol. The molecule has 4 rings (SSSR count). The number of H-pyrrole nitrogens is 1. The highest BCUT2D eigenvalue weighted by Crippen LogP contribution is 2.33. The molecule has 0 aliphatic carbocycles. The number of aromatic nitrogens is 2. The van der Waals surface area contributed by atoms with Crippen LogP contribution in [0.1, 0.15) is 37.1 Å². The van der Waals surface area contributed by atoms with Crippen LogP contribution in [0.4, 0.5) is 0 Å². The lowest BCUT2D eigenvalue weighted by Crippen LogP contribution is -2.28. The highest BCUT2D eigenvalue weighted by atomic mass is 16.5. The van der Waals surface area contributed by atoms with Crippen molar-refractivity contribution in [2.75, 3.05) is 13.2 Å². The first kappa shape index (κ1) is 16.8. The van der Waals surface area contributed by atoms with Gasteiger partial charge in [0.2, 0.25) is 0 Å². The minimum Gasteiger partial charge on any atom is -0.494 e. The third-order valence-electron chi connectivity index (χ3n) is 4.96. The molecule has 26 heavy (non-hydrogen) atoms. The second kappa shape index (κ2) is 7.30. The summed E-state index contributed by atoms with van der Waals surface area (Å²) in [6, 6.07) is 16.3. The Morgan fingerprint density at radius 2 is 2.00 bits per heavy atom. The minimum absolute atomic E-state index is 0.0963. The third-order valence-corrected chi connectivity index (χ3v) is 4.96. The Labute approximate surface area is 152 Å². The van der Waals surface area contributed by atoms with Crippen molar-refractivity contribution >= 4 is 11.0 Å². The second-order valence-electron chi connectivity index (χ2n) is 6.66. The second-order valence-corrected chi connectivity index (χ2v) is 6.66. The van der Waals surface area contributed by atoms with Crippen molar-refractivity contribution in [3.63, 3.8) is 0 Å². The molecule has 0 unspecified atom stereocenters. The van der Waals surface area contributed by atoms with Crippen LogP contribution < -0.4 is 10.3 Å². The molecule has 5 heteroatoms. The first-order chi connectivity index (χ1) is 12.7. The summed E-state index contributed by atoms with van der Waals surface area (Å²) in [5.74, 6) is 0.897. The Bertz CT molecular complexity index is 949. The zero-order valence-corrected chi connectivity index (χ0v) is 14.9. The van der Waals surface area contributed by atoms with Crippen molar-refractivity contribution in [2.45, 2.75) is 32.4 Å². The lowest BCUT2D eigenvalue weighted by molar-refractivity contribution is 0.244. The van der Waals surface area contributed by atoms with Gasteiger partial charge >= 0.3 is 0 Å². The summed E-state index contributed by atoms with van der Waals surface area (Å²) in [6.07, 6.45) is 2.23. The number of fused-ring (bicyclic) bond motifs is 1. The van der Waals surface area contributed by atoms with E-state index in [9.17, 15) is 4.79 Å². The molecule has 1 aliphatic rings. The molecule has 1 atom stereocenters. The predicted molar refractivity (Wildman–Crippen MR) is 102 cm³/mol. The van der Waals surface area contributed by atoms with Crippen LogP contribution in [0.15, 0.2) is 53.3 Å². The molecular weight excluding hydrogens is 326 g/mol. The standard InChI is InChI=1S/C21H23N3O2/c1-2-26-16-11-9-15(10-12-16)20-8-5-13-24(20)14-19-21(25)23-18-7-4-3-6-17(18)22-19/h3-4,6-7,9-12,20H,2,5,8,13-14H2,1H3,(H,23,25)/t20-/m0/s1. The third kappa shape index (κ3) is 3.35.